The van der Waals surface area contributed by atoms with Crippen LogP contribution in [0.5, 0.6) is 0 Å². The van der Waals surface area contributed by atoms with E-state index < -0.39 is 0 Å². The summed E-state index contributed by atoms with van der Waals surface area (Å²) in [6.45, 7) is 2.80. The highest BCUT2D eigenvalue weighted by molar-refractivity contribution is 6.28. The Morgan fingerprint density at radius 2 is 2.46 bits per heavy atom. The summed E-state index contributed by atoms with van der Waals surface area (Å²) < 4.78 is 7.15. The minimum absolute atomic E-state index is 0.494. The Labute approximate surface area is 81.0 Å². The average molecular weight is 197 g/mol. The van der Waals surface area contributed by atoms with Crippen molar-refractivity contribution in [3.8, 4) is 11.5 Å². The Bertz CT molecular complexity index is 392. The third-order valence-corrected chi connectivity index (χ3v) is 2.20. The molecule has 2 heterocycles. The van der Waals surface area contributed by atoms with Gasteiger partial charge in [-0.3, -0.25) is 0 Å². The maximum absolute atomic E-state index is 5.87. The van der Waals surface area contributed by atoms with Gasteiger partial charge >= 0.3 is 0 Å². The Hall–Kier alpha value is -1.22. The summed E-state index contributed by atoms with van der Waals surface area (Å²) in [6.07, 6.45) is 3.35. The van der Waals surface area contributed by atoms with Crippen LogP contribution >= 0.6 is 11.6 Å². The number of aromatic nitrogens is 2. The molecule has 0 saturated heterocycles. The molecule has 0 atom stereocenters. The van der Waals surface area contributed by atoms with E-state index in [9.17, 15) is 0 Å². The van der Waals surface area contributed by atoms with Gasteiger partial charge in [-0.2, -0.15) is 0 Å². The van der Waals surface area contributed by atoms with Gasteiger partial charge in [0.05, 0.1) is 12.5 Å². The van der Waals surface area contributed by atoms with Gasteiger partial charge in [0.2, 0.25) is 5.28 Å². The zero-order chi connectivity index (χ0) is 9.26. The molecule has 68 valence electrons. The molecule has 0 spiro atoms. The molecule has 0 aliphatic carbocycles. The Morgan fingerprint density at radius 1 is 1.62 bits per heavy atom. The summed E-state index contributed by atoms with van der Waals surface area (Å²) in [4.78, 5) is 4.01. The van der Waals surface area contributed by atoms with E-state index in [4.69, 9.17) is 16.0 Å². The van der Waals surface area contributed by atoms with Crippen molar-refractivity contribution in [1.29, 1.82) is 0 Å². The summed E-state index contributed by atoms with van der Waals surface area (Å²) in [5.41, 5.74) is 0.914. The molecule has 0 aromatic carbocycles. The summed E-state index contributed by atoms with van der Waals surface area (Å²) in [7, 11) is 0. The van der Waals surface area contributed by atoms with Crippen molar-refractivity contribution < 1.29 is 4.42 Å². The van der Waals surface area contributed by atoms with Gasteiger partial charge in [-0.25, -0.2) is 4.98 Å². The molecule has 2 aromatic heterocycles. The number of furan rings is 1. The average Bonchev–Trinajstić information content (AvgIpc) is 2.71. The molecule has 0 N–H and O–H groups in total. The molecule has 0 aliphatic heterocycles. The number of nitrogens with zero attached hydrogens (tertiary/aromatic N) is 2. The van der Waals surface area contributed by atoms with Crippen molar-refractivity contribution >= 4 is 11.6 Å². The largest absolute Gasteiger partial charge is 0.463 e. The van der Waals surface area contributed by atoms with Crippen LogP contribution in [-0.2, 0) is 6.54 Å². The number of hydrogen-bond acceptors (Lipinski definition) is 2. The van der Waals surface area contributed by atoms with Gasteiger partial charge in [0.1, 0.15) is 5.69 Å². The lowest BCUT2D eigenvalue weighted by atomic mass is 10.3. The molecule has 0 radical (unpaired) electrons. The van der Waals surface area contributed by atoms with E-state index in [2.05, 4.69) is 4.98 Å². The minimum Gasteiger partial charge on any atom is -0.463 e. The van der Waals surface area contributed by atoms with E-state index in [1.807, 2.05) is 23.6 Å². The first-order valence-corrected chi connectivity index (χ1v) is 4.45. The van der Waals surface area contributed by atoms with Crippen LogP contribution in [0.3, 0.4) is 0 Å². The molecule has 4 heteroatoms. The molecule has 0 bridgehead atoms. The summed E-state index contributed by atoms with van der Waals surface area (Å²) in [5, 5.41) is 0.494. The molecule has 0 saturated carbocycles. The minimum atomic E-state index is 0.494. The number of hydrogen-bond donors (Lipinski definition) is 0. The predicted octanol–water partition coefficient (Wildman–Crippen LogP) is 2.82. The molecular weight excluding hydrogens is 188 g/mol. The fraction of sp³-hybridized carbons (Fsp3) is 0.222. The lowest BCUT2D eigenvalue weighted by Gasteiger charge is -2.02. The van der Waals surface area contributed by atoms with Crippen LogP contribution in [0.25, 0.3) is 11.5 Å². The van der Waals surface area contributed by atoms with Gasteiger partial charge in [-0.05, 0) is 30.7 Å². The first-order valence-electron chi connectivity index (χ1n) is 4.08. The van der Waals surface area contributed by atoms with E-state index in [1.54, 1.807) is 12.5 Å². The molecule has 2 aromatic rings. The van der Waals surface area contributed by atoms with Gasteiger partial charge in [-0.1, -0.05) is 0 Å². The van der Waals surface area contributed by atoms with Crippen LogP contribution in [-0.4, -0.2) is 9.55 Å². The number of halogens is 1. The zero-order valence-electron chi connectivity index (χ0n) is 7.20. The van der Waals surface area contributed by atoms with Crippen molar-refractivity contribution in [2.45, 2.75) is 13.5 Å². The van der Waals surface area contributed by atoms with E-state index in [-0.39, 0.29) is 0 Å². The van der Waals surface area contributed by atoms with E-state index in [0.29, 0.717) is 5.28 Å². The Morgan fingerprint density at radius 3 is 3.08 bits per heavy atom. The predicted molar refractivity (Wildman–Crippen MR) is 50.6 cm³/mol. The number of rotatable bonds is 2. The molecule has 0 unspecified atom stereocenters. The highest BCUT2D eigenvalue weighted by Crippen LogP contribution is 2.22. The monoisotopic (exact) mass is 196 g/mol. The third-order valence-electron chi connectivity index (χ3n) is 1.90. The highest BCUT2D eigenvalue weighted by atomic mass is 35.5. The fourth-order valence-electron chi connectivity index (χ4n) is 1.27. The number of imidazole rings is 1. The molecule has 0 aliphatic rings. The van der Waals surface area contributed by atoms with Gasteiger partial charge in [0, 0.05) is 6.54 Å². The van der Waals surface area contributed by atoms with E-state index >= 15 is 0 Å². The maximum atomic E-state index is 5.87. The second-order valence-corrected chi connectivity index (χ2v) is 2.97. The van der Waals surface area contributed by atoms with Gasteiger partial charge in [0.15, 0.2) is 5.76 Å². The standard InChI is InChI=1S/C9H9ClN2O/c1-2-12-7(6-11-9(12)10)8-4-3-5-13-8/h3-6H,2H2,1H3. The SMILES string of the molecule is CCn1c(-c2ccco2)cnc1Cl. The van der Waals surface area contributed by atoms with Crippen LogP contribution in [0.4, 0.5) is 0 Å². The molecular formula is C9H9ClN2O. The Kier molecular flexibility index (Phi) is 2.10. The second-order valence-electron chi connectivity index (χ2n) is 2.63. The lowest BCUT2D eigenvalue weighted by molar-refractivity contribution is 0.573. The fourth-order valence-corrected chi connectivity index (χ4v) is 1.53. The lowest BCUT2D eigenvalue weighted by Crippen LogP contribution is -1.95. The third kappa shape index (κ3) is 1.35. The van der Waals surface area contributed by atoms with Crippen molar-refractivity contribution in [2.24, 2.45) is 0 Å². The summed E-state index contributed by atoms with van der Waals surface area (Å²) >= 11 is 5.87. The molecule has 0 amide bonds. The topological polar surface area (TPSA) is 31.0 Å². The molecule has 0 fully saturated rings. The van der Waals surface area contributed by atoms with Crippen LogP contribution in [0.2, 0.25) is 5.28 Å². The summed E-state index contributed by atoms with van der Waals surface area (Å²) in [6, 6.07) is 3.73. The first-order chi connectivity index (χ1) is 6.33. The first kappa shape index (κ1) is 8.38. The van der Waals surface area contributed by atoms with E-state index in [1.165, 1.54) is 0 Å². The van der Waals surface area contributed by atoms with Gasteiger partial charge < -0.3 is 8.98 Å². The quantitative estimate of drug-likeness (QED) is 0.740. The van der Waals surface area contributed by atoms with E-state index in [0.717, 1.165) is 18.0 Å². The highest BCUT2D eigenvalue weighted by Gasteiger charge is 2.09. The van der Waals surface area contributed by atoms with Crippen LogP contribution in [0.1, 0.15) is 6.92 Å². The molecule has 2 rings (SSSR count). The Balaban J connectivity index is 2.52. The second kappa shape index (κ2) is 3.26. The maximum Gasteiger partial charge on any atom is 0.203 e. The van der Waals surface area contributed by atoms with Crippen molar-refractivity contribution in [3.05, 3.63) is 29.9 Å². The van der Waals surface area contributed by atoms with Crippen molar-refractivity contribution in [3.63, 3.8) is 0 Å². The van der Waals surface area contributed by atoms with Crippen molar-refractivity contribution in [2.75, 3.05) is 0 Å². The van der Waals surface area contributed by atoms with Crippen molar-refractivity contribution in [1.82, 2.24) is 9.55 Å². The van der Waals surface area contributed by atoms with Crippen LogP contribution < -0.4 is 0 Å². The van der Waals surface area contributed by atoms with Crippen LogP contribution in [0, 0.1) is 0 Å². The molecule has 13 heavy (non-hydrogen) atoms. The normalized spacial score (nSPS) is 10.6. The summed E-state index contributed by atoms with van der Waals surface area (Å²) in [5.74, 6) is 0.793. The van der Waals surface area contributed by atoms with Crippen LogP contribution in [0.15, 0.2) is 29.0 Å². The zero-order valence-corrected chi connectivity index (χ0v) is 7.95. The van der Waals surface area contributed by atoms with Gasteiger partial charge in [-0.15, -0.1) is 0 Å². The smallest absolute Gasteiger partial charge is 0.203 e. The van der Waals surface area contributed by atoms with Gasteiger partial charge in [0.25, 0.3) is 0 Å². The molecule has 3 nitrogen and oxygen atoms in total.